The molecule has 1 aliphatic heterocycles. The average molecular weight is 468 g/mol. The number of benzene rings is 2. The van der Waals surface area contributed by atoms with Crippen LogP contribution >= 0.6 is 46.8 Å². The maximum absolute atomic E-state index is 13.0. The van der Waals surface area contributed by atoms with Crippen LogP contribution in [0.3, 0.4) is 0 Å². The lowest BCUT2D eigenvalue weighted by molar-refractivity contribution is 0.102. The van der Waals surface area contributed by atoms with Gasteiger partial charge in [0.15, 0.2) is 0 Å². The van der Waals surface area contributed by atoms with Gasteiger partial charge >= 0.3 is 0 Å². The number of nitrogens with one attached hydrogen (secondary N) is 1. The first-order chi connectivity index (χ1) is 13.9. The summed E-state index contributed by atoms with van der Waals surface area (Å²) in [5.41, 5.74) is 3.51. The Morgan fingerprint density at radius 2 is 1.97 bits per heavy atom. The molecule has 1 saturated heterocycles. The molecule has 0 saturated carbocycles. The lowest BCUT2D eigenvalue weighted by atomic mass is 10.1. The topological polar surface area (TPSA) is 50.2 Å². The third-order valence-corrected chi connectivity index (χ3v) is 6.69. The van der Waals surface area contributed by atoms with Crippen LogP contribution in [-0.2, 0) is 7.05 Å². The van der Waals surface area contributed by atoms with Gasteiger partial charge in [-0.3, -0.25) is 9.48 Å². The Bertz CT molecular complexity index is 1080. The van der Waals surface area contributed by atoms with E-state index in [0.29, 0.717) is 21.3 Å². The van der Waals surface area contributed by atoms with Crippen molar-refractivity contribution in [3.8, 4) is 11.1 Å². The second-order valence-electron chi connectivity index (χ2n) is 6.66. The van der Waals surface area contributed by atoms with Gasteiger partial charge in [0.25, 0.3) is 5.91 Å². The highest BCUT2D eigenvalue weighted by Crippen LogP contribution is 2.36. The van der Waals surface area contributed by atoms with Gasteiger partial charge in [0.1, 0.15) is 0 Å². The van der Waals surface area contributed by atoms with E-state index in [4.69, 9.17) is 34.8 Å². The summed E-state index contributed by atoms with van der Waals surface area (Å²) in [5.74, 6) is 0.698. The standard InChI is InChI=1S/C20H17Cl3N4OS/c1-26-11-13(10-24-26)12-5-14(21)7-15(6-12)25-20(28)17-8-16(9-18(22)19(17)23)27-3-2-4-29-27/h5-11H,2-4H2,1H3,(H,25,28). The van der Waals surface area contributed by atoms with Gasteiger partial charge < -0.3 is 9.62 Å². The third-order valence-electron chi connectivity index (χ3n) is 4.49. The van der Waals surface area contributed by atoms with Crippen LogP contribution < -0.4 is 9.62 Å². The van der Waals surface area contributed by atoms with Crippen molar-refractivity contribution in [3.05, 3.63) is 63.4 Å². The molecule has 1 fully saturated rings. The van der Waals surface area contributed by atoms with Crippen LogP contribution in [0.1, 0.15) is 16.8 Å². The maximum Gasteiger partial charge on any atom is 0.257 e. The fraction of sp³-hybridized carbons (Fsp3) is 0.200. The first-order valence-corrected chi connectivity index (χ1v) is 11.0. The smallest absolute Gasteiger partial charge is 0.257 e. The maximum atomic E-state index is 13.0. The average Bonchev–Trinajstić information content (AvgIpc) is 3.35. The van der Waals surface area contributed by atoms with Gasteiger partial charge in [0, 0.05) is 47.5 Å². The molecule has 0 unspecified atom stereocenters. The van der Waals surface area contributed by atoms with Crippen LogP contribution in [0.15, 0.2) is 42.7 Å². The van der Waals surface area contributed by atoms with E-state index >= 15 is 0 Å². The minimum atomic E-state index is -0.345. The van der Waals surface area contributed by atoms with E-state index in [0.717, 1.165) is 35.5 Å². The van der Waals surface area contributed by atoms with Crippen molar-refractivity contribution in [1.82, 2.24) is 9.78 Å². The number of nitrogens with zero attached hydrogens (tertiary/aromatic N) is 3. The van der Waals surface area contributed by atoms with Crippen LogP contribution in [0, 0.1) is 0 Å². The summed E-state index contributed by atoms with van der Waals surface area (Å²) in [6.07, 6.45) is 4.71. The van der Waals surface area contributed by atoms with Crippen LogP contribution in [-0.4, -0.2) is 28.0 Å². The van der Waals surface area contributed by atoms with Gasteiger partial charge in [-0.15, -0.1) is 0 Å². The Morgan fingerprint density at radius 1 is 1.14 bits per heavy atom. The number of anilines is 2. The largest absolute Gasteiger partial charge is 0.322 e. The lowest BCUT2D eigenvalue weighted by Crippen LogP contribution is -2.15. The van der Waals surface area contributed by atoms with Crippen LogP contribution in [0.25, 0.3) is 11.1 Å². The Hall–Kier alpha value is -1.86. The van der Waals surface area contributed by atoms with Gasteiger partial charge in [-0.05, 0) is 54.3 Å². The SMILES string of the molecule is Cn1cc(-c2cc(Cl)cc(NC(=O)c3cc(N4CCCS4)cc(Cl)c3Cl)c2)cn1. The summed E-state index contributed by atoms with van der Waals surface area (Å²) < 4.78 is 3.83. The van der Waals surface area contributed by atoms with E-state index < -0.39 is 0 Å². The van der Waals surface area contributed by atoms with E-state index in [1.54, 1.807) is 41.0 Å². The van der Waals surface area contributed by atoms with Crippen molar-refractivity contribution in [3.63, 3.8) is 0 Å². The Kier molecular flexibility index (Phi) is 5.97. The highest BCUT2D eigenvalue weighted by atomic mass is 35.5. The van der Waals surface area contributed by atoms with Crippen LogP contribution in [0.5, 0.6) is 0 Å². The zero-order valence-electron chi connectivity index (χ0n) is 15.5. The number of carbonyl (C=O) groups excluding carboxylic acids is 1. The summed E-state index contributed by atoms with van der Waals surface area (Å²) in [6.45, 7) is 0.909. The van der Waals surface area contributed by atoms with Crippen molar-refractivity contribution in [2.24, 2.45) is 7.05 Å². The lowest BCUT2D eigenvalue weighted by Gasteiger charge is -2.18. The van der Waals surface area contributed by atoms with E-state index in [1.165, 1.54) is 0 Å². The third kappa shape index (κ3) is 4.51. The predicted molar refractivity (Wildman–Crippen MR) is 122 cm³/mol. The highest BCUT2D eigenvalue weighted by Gasteiger charge is 2.20. The molecule has 0 spiro atoms. The quantitative estimate of drug-likeness (QED) is 0.467. The number of carbonyl (C=O) groups is 1. The molecule has 1 aliphatic rings. The molecule has 0 atom stereocenters. The van der Waals surface area contributed by atoms with Gasteiger partial charge in [-0.2, -0.15) is 5.10 Å². The summed E-state index contributed by atoms with van der Waals surface area (Å²) in [7, 11) is 1.84. The van der Waals surface area contributed by atoms with Crippen molar-refractivity contribution >= 4 is 64.0 Å². The molecule has 150 valence electrons. The van der Waals surface area contributed by atoms with Crippen molar-refractivity contribution in [2.45, 2.75) is 6.42 Å². The van der Waals surface area contributed by atoms with E-state index in [1.807, 2.05) is 25.4 Å². The number of aryl methyl sites for hydroxylation is 1. The summed E-state index contributed by atoms with van der Waals surface area (Å²) in [6, 6.07) is 8.92. The van der Waals surface area contributed by atoms with Crippen LogP contribution in [0.2, 0.25) is 15.1 Å². The number of aromatic nitrogens is 2. The van der Waals surface area contributed by atoms with Gasteiger partial charge in [-0.25, -0.2) is 0 Å². The molecule has 0 aliphatic carbocycles. The number of hydrogen-bond donors (Lipinski definition) is 1. The Morgan fingerprint density at radius 3 is 2.66 bits per heavy atom. The summed E-state index contributed by atoms with van der Waals surface area (Å²) >= 11 is 20.6. The molecule has 1 amide bonds. The summed E-state index contributed by atoms with van der Waals surface area (Å²) in [5, 5.41) is 8.15. The monoisotopic (exact) mass is 466 g/mol. The number of halogens is 3. The molecule has 2 heterocycles. The van der Waals surface area contributed by atoms with Gasteiger partial charge in [0.05, 0.1) is 21.8 Å². The van der Waals surface area contributed by atoms with Crippen LogP contribution in [0.4, 0.5) is 11.4 Å². The predicted octanol–water partition coefficient (Wildman–Crippen LogP) is 6.16. The number of amides is 1. The normalized spacial score (nSPS) is 13.7. The molecule has 5 nitrogen and oxygen atoms in total. The molecule has 29 heavy (non-hydrogen) atoms. The zero-order valence-corrected chi connectivity index (χ0v) is 18.5. The Labute approximate surface area is 188 Å². The van der Waals surface area contributed by atoms with Crippen molar-refractivity contribution < 1.29 is 4.79 Å². The number of rotatable bonds is 4. The molecule has 0 radical (unpaired) electrons. The minimum Gasteiger partial charge on any atom is -0.322 e. The second-order valence-corrected chi connectivity index (χ2v) is 8.99. The fourth-order valence-electron chi connectivity index (χ4n) is 3.13. The van der Waals surface area contributed by atoms with Crippen molar-refractivity contribution in [2.75, 3.05) is 21.9 Å². The van der Waals surface area contributed by atoms with E-state index in [-0.39, 0.29) is 10.9 Å². The minimum absolute atomic E-state index is 0.228. The molecule has 3 aromatic rings. The first-order valence-electron chi connectivity index (χ1n) is 8.91. The molecule has 0 bridgehead atoms. The molecule has 1 aromatic heterocycles. The zero-order chi connectivity index (χ0) is 20.5. The fourth-order valence-corrected chi connectivity index (χ4v) is 4.77. The van der Waals surface area contributed by atoms with Gasteiger partial charge in [-0.1, -0.05) is 34.8 Å². The highest BCUT2D eigenvalue weighted by molar-refractivity contribution is 8.00. The summed E-state index contributed by atoms with van der Waals surface area (Å²) in [4.78, 5) is 13.0. The number of hydrogen-bond acceptors (Lipinski definition) is 4. The molecular formula is C20H17Cl3N4OS. The van der Waals surface area contributed by atoms with Gasteiger partial charge in [0.2, 0.25) is 0 Å². The molecule has 2 aromatic carbocycles. The molecule has 9 heteroatoms. The molecule has 4 rings (SSSR count). The second kappa shape index (κ2) is 8.48. The Balaban J connectivity index is 1.63. The van der Waals surface area contributed by atoms with Crippen molar-refractivity contribution in [1.29, 1.82) is 0 Å². The van der Waals surface area contributed by atoms with E-state index in [2.05, 4.69) is 14.7 Å². The molecule has 1 N–H and O–H groups in total. The van der Waals surface area contributed by atoms with E-state index in [9.17, 15) is 4.79 Å². The first kappa shape index (κ1) is 20.4. The molecular weight excluding hydrogens is 451 g/mol.